The van der Waals surface area contributed by atoms with Crippen molar-refractivity contribution in [3.05, 3.63) is 23.8 Å². The molecule has 0 aliphatic heterocycles. The van der Waals surface area contributed by atoms with Crippen LogP contribution in [0.4, 0.5) is 13.2 Å². The van der Waals surface area contributed by atoms with Gasteiger partial charge < -0.3 is 14.6 Å². The molecular weight excluding hydrogens is 285 g/mol. The minimum atomic E-state index is -4.28. The summed E-state index contributed by atoms with van der Waals surface area (Å²) in [5, 5.41) is 10.7. The van der Waals surface area contributed by atoms with Gasteiger partial charge in [0.25, 0.3) is 0 Å². The molecule has 2 atom stereocenters. The number of benzene rings is 1. The Balaban J connectivity index is 2.35. The van der Waals surface area contributed by atoms with Crippen molar-refractivity contribution in [1.82, 2.24) is 0 Å². The molecule has 1 aliphatic rings. The molecule has 0 heterocycles. The monoisotopic (exact) mass is 304 g/mol. The lowest BCUT2D eigenvalue weighted by Gasteiger charge is -2.38. The minimum absolute atomic E-state index is 0.0598. The summed E-state index contributed by atoms with van der Waals surface area (Å²) in [4.78, 5) is 0. The van der Waals surface area contributed by atoms with Crippen LogP contribution in [0.3, 0.4) is 0 Å². The summed E-state index contributed by atoms with van der Waals surface area (Å²) in [5.41, 5.74) is -1.13. The van der Waals surface area contributed by atoms with E-state index in [1.165, 1.54) is 14.2 Å². The smallest absolute Gasteiger partial charge is 0.391 e. The highest BCUT2D eigenvalue weighted by Crippen LogP contribution is 2.48. The molecule has 3 nitrogen and oxygen atoms in total. The van der Waals surface area contributed by atoms with Crippen LogP contribution >= 0.6 is 0 Å². The number of rotatable bonds is 3. The third-order valence-electron chi connectivity index (χ3n) is 4.10. The SMILES string of the molecule is COc1ccc(C2(O)CCCC(C(F)(F)F)C2)c(OC)c1. The Morgan fingerprint density at radius 1 is 1.24 bits per heavy atom. The van der Waals surface area contributed by atoms with Crippen molar-refractivity contribution in [3.8, 4) is 11.5 Å². The molecule has 118 valence electrons. The molecule has 6 heteroatoms. The molecule has 0 saturated heterocycles. The molecule has 2 unspecified atom stereocenters. The van der Waals surface area contributed by atoms with E-state index in [1.54, 1.807) is 18.2 Å². The van der Waals surface area contributed by atoms with E-state index in [4.69, 9.17) is 9.47 Å². The van der Waals surface area contributed by atoms with Crippen molar-refractivity contribution in [2.75, 3.05) is 14.2 Å². The highest BCUT2D eigenvalue weighted by Gasteiger charge is 2.48. The second kappa shape index (κ2) is 5.75. The molecule has 1 saturated carbocycles. The maximum Gasteiger partial charge on any atom is 0.391 e. The van der Waals surface area contributed by atoms with Crippen LogP contribution in [-0.2, 0) is 5.60 Å². The first-order valence-corrected chi connectivity index (χ1v) is 6.82. The van der Waals surface area contributed by atoms with Gasteiger partial charge in [-0.2, -0.15) is 13.2 Å². The molecule has 0 bridgehead atoms. The molecule has 1 aromatic carbocycles. The number of halogens is 3. The van der Waals surface area contributed by atoms with Gasteiger partial charge in [-0.15, -0.1) is 0 Å². The van der Waals surface area contributed by atoms with Crippen molar-refractivity contribution in [1.29, 1.82) is 0 Å². The van der Waals surface area contributed by atoms with Crippen LogP contribution in [0.2, 0.25) is 0 Å². The number of alkyl halides is 3. The van der Waals surface area contributed by atoms with E-state index in [0.717, 1.165) is 0 Å². The topological polar surface area (TPSA) is 38.7 Å². The zero-order valence-electron chi connectivity index (χ0n) is 12.0. The van der Waals surface area contributed by atoms with Gasteiger partial charge in [0, 0.05) is 11.6 Å². The minimum Gasteiger partial charge on any atom is -0.497 e. The van der Waals surface area contributed by atoms with Crippen LogP contribution in [0.25, 0.3) is 0 Å². The Hall–Kier alpha value is -1.43. The van der Waals surface area contributed by atoms with Gasteiger partial charge in [0.05, 0.1) is 25.7 Å². The largest absolute Gasteiger partial charge is 0.497 e. The van der Waals surface area contributed by atoms with E-state index in [9.17, 15) is 18.3 Å². The summed E-state index contributed by atoms with van der Waals surface area (Å²) in [7, 11) is 2.91. The number of hydrogen-bond donors (Lipinski definition) is 1. The van der Waals surface area contributed by atoms with Crippen LogP contribution in [-0.4, -0.2) is 25.5 Å². The summed E-state index contributed by atoms with van der Waals surface area (Å²) in [5.74, 6) is -0.606. The molecule has 0 aromatic heterocycles. The number of ether oxygens (including phenoxy) is 2. The van der Waals surface area contributed by atoms with Gasteiger partial charge in [-0.05, 0) is 37.8 Å². The Kier molecular flexibility index (Phi) is 4.37. The van der Waals surface area contributed by atoms with Gasteiger partial charge in [-0.25, -0.2) is 0 Å². The summed E-state index contributed by atoms with van der Waals surface area (Å²) in [6.07, 6.45) is -3.93. The van der Waals surface area contributed by atoms with Crippen molar-refractivity contribution >= 4 is 0 Å². The molecule has 0 radical (unpaired) electrons. The lowest BCUT2D eigenvalue weighted by molar-refractivity contribution is -0.202. The molecule has 1 N–H and O–H groups in total. The molecule has 0 amide bonds. The molecule has 1 aliphatic carbocycles. The van der Waals surface area contributed by atoms with Crippen LogP contribution in [0.5, 0.6) is 11.5 Å². The maximum atomic E-state index is 12.9. The van der Waals surface area contributed by atoms with Crippen molar-refractivity contribution in [2.24, 2.45) is 5.92 Å². The first-order valence-electron chi connectivity index (χ1n) is 6.82. The summed E-state index contributed by atoms with van der Waals surface area (Å²) >= 11 is 0. The quantitative estimate of drug-likeness (QED) is 0.926. The fraction of sp³-hybridized carbons (Fsp3) is 0.600. The van der Waals surface area contributed by atoms with Crippen LogP contribution in [0.15, 0.2) is 18.2 Å². The van der Waals surface area contributed by atoms with Crippen molar-refractivity contribution in [2.45, 2.75) is 37.5 Å². The van der Waals surface area contributed by atoms with Gasteiger partial charge in [-0.1, -0.05) is 0 Å². The average Bonchev–Trinajstić information content (AvgIpc) is 2.45. The van der Waals surface area contributed by atoms with E-state index in [0.29, 0.717) is 29.9 Å². The normalized spacial score (nSPS) is 26.5. The average molecular weight is 304 g/mol. The lowest BCUT2D eigenvalue weighted by atomic mass is 9.74. The summed E-state index contributed by atoms with van der Waals surface area (Å²) in [6.45, 7) is 0. The van der Waals surface area contributed by atoms with Gasteiger partial charge in [0.1, 0.15) is 11.5 Å². The first-order chi connectivity index (χ1) is 9.80. The number of hydrogen-bond acceptors (Lipinski definition) is 3. The van der Waals surface area contributed by atoms with E-state index in [2.05, 4.69) is 0 Å². The highest BCUT2D eigenvalue weighted by atomic mass is 19.4. The zero-order chi connectivity index (χ0) is 15.7. The first kappa shape index (κ1) is 15.9. The Morgan fingerprint density at radius 2 is 1.95 bits per heavy atom. The van der Waals surface area contributed by atoms with Gasteiger partial charge in [0.15, 0.2) is 0 Å². The Morgan fingerprint density at radius 3 is 2.52 bits per heavy atom. The van der Waals surface area contributed by atoms with Gasteiger partial charge in [-0.3, -0.25) is 0 Å². The Bertz CT molecular complexity index is 501. The predicted octanol–water partition coefficient (Wildman–Crippen LogP) is 3.64. The van der Waals surface area contributed by atoms with Crippen LogP contribution in [0.1, 0.15) is 31.2 Å². The molecule has 1 fully saturated rings. The van der Waals surface area contributed by atoms with E-state index in [-0.39, 0.29) is 12.8 Å². The summed E-state index contributed by atoms with van der Waals surface area (Å²) < 4.78 is 49.1. The third kappa shape index (κ3) is 3.26. The molecule has 0 spiro atoms. The second-order valence-corrected chi connectivity index (χ2v) is 5.43. The number of aliphatic hydroxyl groups is 1. The van der Waals surface area contributed by atoms with E-state index < -0.39 is 17.7 Å². The fourth-order valence-electron chi connectivity index (χ4n) is 2.96. The van der Waals surface area contributed by atoms with E-state index >= 15 is 0 Å². The standard InChI is InChI=1S/C15H19F3O3/c1-20-11-5-6-12(13(8-11)21-2)14(19)7-3-4-10(9-14)15(16,17)18/h5-6,8,10,19H,3-4,7,9H2,1-2H3. The van der Waals surface area contributed by atoms with Gasteiger partial charge >= 0.3 is 6.18 Å². The van der Waals surface area contributed by atoms with E-state index in [1.807, 2.05) is 0 Å². The van der Waals surface area contributed by atoms with Crippen molar-refractivity contribution in [3.63, 3.8) is 0 Å². The molecule has 21 heavy (non-hydrogen) atoms. The van der Waals surface area contributed by atoms with Gasteiger partial charge in [0.2, 0.25) is 0 Å². The lowest BCUT2D eigenvalue weighted by Crippen LogP contribution is -2.38. The fourth-order valence-corrected chi connectivity index (χ4v) is 2.96. The summed E-state index contributed by atoms with van der Waals surface area (Å²) in [6, 6.07) is 4.77. The third-order valence-corrected chi connectivity index (χ3v) is 4.10. The maximum absolute atomic E-state index is 12.9. The molecule has 1 aromatic rings. The predicted molar refractivity (Wildman–Crippen MR) is 71.5 cm³/mol. The number of methoxy groups -OCH3 is 2. The highest BCUT2D eigenvalue weighted by molar-refractivity contribution is 5.44. The molecular formula is C15H19F3O3. The Labute approximate surface area is 121 Å². The second-order valence-electron chi connectivity index (χ2n) is 5.43. The molecule has 2 rings (SSSR count). The van der Waals surface area contributed by atoms with Crippen LogP contribution in [0, 0.1) is 5.92 Å². The van der Waals surface area contributed by atoms with Crippen LogP contribution < -0.4 is 9.47 Å². The van der Waals surface area contributed by atoms with Crippen molar-refractivity contribution < 1.29 is 27.8 Å². The zero-order valence-corrected chi connectivity index (χ0v) is 12.0.